The van der Waals surface area contributed by atoms with Gasteiger partial charge in [0.25, 0.3) is 0 Å². The Balaban J connectivity index is 2.34. The van der Waals surface area contributed by atoms with E-state index in [0.717, 1.165) is 21.5 Å². The van der Waals surface area contributed by atoms with Crippen LogP contribution in [0.5, 0.6) is 11.6 Å². The van der Waals surface area contributed by atoms with Gasteiger partial charge >= 0.3 is 0 Å². The predicted octanol–water partition coefficient (Wildman–Crippen LogP) is 4.46. The van der Waals surface area contributed by atoms with Gasteiger partial charge in [0.05, 0.1) is 0 Å². The Labute approximate surface area is 115 Å². The van der Waals surface area contributed by atoms with Crippen LogP contribution in [-0.2, 0) is 0 Å². The molecule has 94 valence electrons. The molecule has 0 spiro atoms. The molecule has 0 radical (unpaired) electrons. The number of nitrogens with zero attached hydrogens (tertiary/aromatic N) is 2. The van der Waals surface area contributed by atoms with E-state index in [9.17, 15) is 0 Å². The van der Waals surface area contributed by atoms with E-state index >= 15 is 0 Å². The number of halogens is 1. The van der Waals surface area contributed by atoms with Gasteiger partial charge in [-0.3, -0.25) is 0 Å². The Hall–Kier alpha value is -1.42. The number of ether oxygens (including phenoxy) is 1. The molecule has 0 aliphatic rings. The first-order valence-electron chi connectivity index (χ1n) is 5.82. The Morgan fingerprint density at radius 2 is 1.94 bits per heavy atom. The van der Waals surface area contributed by atoms with Crippen LogP contribution in [-0.4, -0.2) is 9.97 Å². The van der Waals surface area contributed by atoms with Gasteiger partial charge in [-0.05, 0) is 36.6 Å². The van der Waals surface area contributed by atoms with Crippen LogP contribution in [0, 0.1) is 6.92 Å². The second-order valence-corrected chi connectivity index (χ2v) is 5.35. The van der Waals surface area contributed by atoms with E-state index in [-0.39, 0.29) is 0 Å². The van der Waals surface area contributed by atoms with Crippen molar-refractivity contribution >= 4 is 15.9 Å². The van der Waals surface area contributed by atoms with E-state index in [1.807, 2.05) is 25.1 Å². The zero-order valence-electron chi connectivity index (χ0n) is 10.6. The summed E-state index contributed by atoms with van der Waals surface area (Å²) in [6.45, 7) is 6.19. The zero-order chi connectivity index (χ0) is 13.1. The van der Waals surface area contributed by atoms with E-state index in [4.69, 9.17) is 4.74 Å². The van der Waals surface area contributed by atoms with Gasteiger partial charge in [0.2, 0.25) is 5.88 Å². The third kappa shape index (κ3) is 3.07. The third-order valence-electron chi connectivity index (χ3n) is 2.59. The highest BCUT2D eigenvalue weighted by atomic mass is 79.9. The van der Waals surface area contributed by atoms with E-state index < -0.39 is 0 Å². The number of benzene rings is 1. The van der Waals surface area contributed by atoms with E-state index in [1.54, 1.807) is 0 Å². The van der Waals surface area contributed by atoms with Crippen LogP contribution in [0.2, 0.25) is 0 Å². The van der Waals surface area contributed by atoms with Crippen LogP contribution in [0.3, 0.4) is 0 Å². The molecule has 0 unspecified atom stereocenters. The highest BCUT2D eigenvalue weighted by Crippen LogP contribution is 2.32. The zero-order valence-corrected chi connectivity index (χ0v) is 12.2. The Bertz CT molecular complexity index is 555. The number of hydrogen-bond donors (Lipinski definition) is 0. The van der Waals surface area contributed by atoms with Gasteiger partial charge in [-0.15, -0.1) is 0 Å². The minimum atomic E-state index is 0.389. The minimum Gasteiger partial charge on any atom is -0.439 e. The van der Waals surface area contributed by atoms with Crippen molar-refractivity contribution in [2.45, 2.75) is 26.7 Å². The lowest BCUT2D eigenvalue weighted by Gasteiger charge is -2.13. The monoisotopic (exact) mass is 306 g/mol. The Kier molecular flexibility index (Phi) is 3.97. The molecule has 1 aromatic heterocycles. The van der Waals surface area contributed by atoms with Crippen molar-refractivity contribution in [3.8, 4) is 11.6 Å². The average Bonchev–Trinajstić information content (AvgIpc) is 2.31. The first-order valence-corrected chi connectivity index (χ1v) is 6.61. The van der Waals surface area contributed by atoms with E-state index in [0.29, 0.717) is 11.8 Å². The highest BCUT2D eigenvalue weighted by molar-refractivity contribution is 9.10. The Morgan fingerprint density at radius 1 is 1.17 bits per heavy atom. The molecule has 18 heavy (non-hydrogen) atoms. The normalized spacial score (nSPS) is 10.7. The first-order chi connectivity index (χ1) is 8.56. The van der Waals surface area contributed by atoms with Crippen molar-refractivity contribution in [2.24, 2.45) is 0 Å². The maximum Gasteiger partial charge on any atom is 0.222 e. The summed E-state index contributed by atoms with van der Waals surface area (Å²) in [5, 5.41) is 0. The molecule has 1 aromatic carbocycles. The SMILES string of the molecule is Cc1cc(Oc2ccc(Br)cc2C(C)C)ncn1. The lowest BCUT2D eigenvalue weighted by Crippen LogP contribution is -1.96. The fraction of sp³-hybridized carbons (Fsp3) is 0.286. The maximum atomic E-state index is 5.83. The lowest BCUT2D eigenvalue weighted by atomic mass is 10.0. The maximum absolute atomic E-state index is 5.83. The molecule has 0 aliphatic heterocycles. The summed E-state index contributed by atoms with van der Waals surface area (Å²) in [7, 11) is 0. The van der Waals surface area contributed by atoms with E-state index in [2.05, 4.69) is 45.8 Å². The summed E-state index contributed by atoms with van der Waals surface area (Å²) in [5.74, 6) is 1.80. The summed E-state index contributed by atoms with van der Waals surface area (Å²) in [6, 6.07) is 7.83. The summed E-state index contributed by atoms with van der Waals surface area (Å²) < 4.78 is 6.89. The van der Waals surface area contributed by atoms with Gasteiger partial charge in [-0.25, -0.2) is 9.97 Å². The molecule has 0 aliphatic carbocycles. The van der Waals surface area contributed by atoms with Crippen molar-refractivity contribution < 1.29 is 4.74 Å². The number of aromatic nitrogens is 2. The van der Waals surface area contributed by atoms with Crippen molar-refractivity contribution in [1.29, 1.82) is 0 Å². The molecule has 0 amide bonds. The van der Waals surface area contributed by atoms with Gasteiger partial charge in [0.15, 0.2) is 0 Å². The topological polar surface area (TPSA) is 35.0 Å². The van der Waals surface area contributed by atoms with Crippen molar-refractivity contribution in [1.82, 2.24) is 9.97 Å². The largest absolute Gasteiger partial charge is 0.439 e. The smallest absolute Gasteiger partial charge is 0.222 e. The fourth-order valence-corrected chi connectivity index (χ4v) is 2.04. The molecule has 0 fully saturated rings. The second kappa shape index (κ2) is 5.48. The standard InChI is InChI=1S/C14H15BrN2O/c1-9(2)12-7-11(15)4-5-13(12)18-14-6-10(3)16-8-17-14/h4-9H,1-3H3. The number of hydrogen-bond acceptors (Lipinski definition) is 3. The molecule has 0 saturated carbocycles. The van der Waals surface area contributed by atoms with Crippen molar-refractivity contribution in [3.05, 3.63) is 46.3 Å². The lowest BCUT2D eigenvalue weighted by molar-refractivity contribution is 0.452. The molecule has 4 heteroatoms. The first kappa shape index (κ1) is 13.0. The molecular formula is C14H15BrN2O. The molecule has 0 N–H and O–H groups in total. The van der Waals surface area contributed by atoms with Gasteiger partial charge in [-0.2, -0.15) is 0 Å². The molecule has 2 rings (SSSR count). The van der Waals surface area contributed by atoms with Crippen LogP contribution >= 0.6 is 15.9 Å². The fourth-order valence-electron chi connectivity index (χ4n) is 1.66. The average molecular weight is 307 g/mol. The molecule has 0 bridgehead atoms. The summed E-state index contributed by atoms with van der Waals surface area (Å²) in [5.41, 5.74) is 2.05. The minimum absolute atomic E-state index is 0.389. The number of rotatable bonds is 3. The van der Waals surface area contributed by atoms with Crippen molar-refractivity contribution in [3.63, 3.8) is 0 Å². The number of aryl methyl sites for hydroxylation is 1. The van der Waals surface area contributed by atoms with Crippen LogP contribution in [0.15, 0.2) is 35.1 Å². The molecular weight excluding hydrogens is 292 g/mol. The summed E-state index contributed by atoms with van der Waals surface area (Å²) >= 11 is 3.48. The highest BCUT2D eigenvalue weighted by Gasteiger charge is 2.10. The molecule has 2 aromatic rings. The summed E-state index contributed by atoms with van der Waals surface area (Å²) in [4.78, 5) is 8.17. The predicted molar refractivity (Wildman–Crippen MR) is 75.1 cm³/mol. The molecule has 0 atom stereocenters. The van der Waals surface area contributed by atoms with Crippen LogP contribution in [0.4, 0.5) is 0 Å². The van der Waals surface area contributed by atoms with Crippen molar-refractivity contribution in [2.75, 3.05) is 0 Å². The Morgan fingerprint density at radius 3 is 2.61 bits per heavy atom. The van der Waals surface area contributed by atoms with Crippen LogP contribution < -0.4 is 4.74 Å². The van der Waals surface area contributed by atoms with Gasteiger partial charge < -0.3 is 4.74 Å². The third-order valence-corrected chi connectivity index (χ3v) is 3.08. The molecule has 1 heterocycles. The summed E-state index contributed by atoms with van der Waals surface area (Å²) in [6.07, 6.45) is 1.51. The van der Waals surface area contributed by atoms with E-state index in [1.165, 1.54) is 6.33 Å². The molecule has 3 nitrogen and oxygen atoms in total. The quantitative estimate of drug-likeness (QED) is 0.839. The van der Waals surface area contributed by atoms with Gasteiger partial charge in [0.1, 0.15) is 12.1 Å². The van der Waals surface area contributed by atoms with Gasteiger partial charge in [0, 0.05) is 16.2 Å². The van der Waals surface area contributed by atoms with Gasteiger partial charge in [-0.1, -0.05) is 29.8 Å². The second-order valence-electron chi connectivity index (χ2n) is 4.44. The van der Waals surface area contributed by atoms with Crippen LogP contribution in [0.25, 0.3) is 0 Å². The molecule has 0 saturated heterocycles. The van der Waals surface area contributed by atoms with Crippen LogP contribution in [0.1, 0.15) is 31.0 Å².